The lowest BCUT2D eigenvalue weighted by molar-refractivity contribution is -0.119. The number of hydrogen-bond acceptors (Lipinski definition) is 3. The Morgan fingerprint density at radius 1 is 1.56 bits per heavy atom. The molecule has 0 rings (SSSR count). The molecule has 0 aromatic heterocycles. The van der Waals surface area contributed by atoms with Gasteiger partial charge in [-0.05, 0) is 0 Å². The summed E-state index contributed by atoms with van der Waals surface area (Å²) in [5, 5.41) is 8.17. The number of carbonyl (C=O) groups is 1. The van der Waals surface area contributed by atoms with Gasteiger partial charge in [0.25, 0.3) is 0 Å². The average molecular weight is 132 g/mol. The zero-order valence-electron chi connectivity index (χ0n) is 5.09. The molecule has 0 bridgehead atoms. The van der Waals surface area contributed by atoms with Crippen LogP contribution in [-0.2, 0) is 9.53 Å². The Balaban J connectivity index is 2.83. The van der Waals surface area contributed by atoms with Crippen LogP contribution in [0.15, 0.2) is 0 Å². The van der Waals surface area contributed by atoms with Crippen molar-refractivity contribution < 1.29 is 14.6 Å². The summed E-state index contributed by atoms with van der Waals surface area (Å²) < 4.78 is 4.70. The third-order valence-corrected chi connectivity index (χ3v) is 0.709. The number of nitrogens with one attached hydrogen (secondary N) is 1. The molecule has 0 aliphatic heterocycles. The SMILES string of the molecule is [NH]C(=O)CCOCCO. The highest BCUT2D eigenvalue weighted by atomic mass is 16.5. The molecule has 0 fully saturated rings. The zero-order valence-corrected chi connectivity index (χ0v) is 5.09. The molecular weight excluding hydrogens is 122 g/mol. The fourth-order valence-corrected chi connectivity index (χ4v) is 0.331. The molecule has 0 spiro atoms. The van der Waals surface area contributed by atoms with E-state index in [1.165, 1.54) is 0 Å². The summed E-state index contributed by atoms with van der Waals surface area (Å²) in [5.41, 5.74) is 6.43. The summed E-state index contributed by atoms with van der Waals surface area (Å²) in [4.78, 5) is 9.93. The Labute approximate surface area is 53.6 Å². The van der Waals surface area contributed by atoms with Gasteiger partial charge in [0.05, 0.1) is 26.2 Å². The molecule has 0 unspecified atom stereocenters. The van der Waals surface area contributed by atoms with Crippen LogP contribution in [0.2, 0.25) is 0 Å². The molecular formula is C5H10NO3. The van der Waals surface area contributed by atoms with Crippen molar-refractivity contribution in [2.75, 3.05) is 19.8 Å². The Kier molecular flexibility index (Phi) is 5.15. The number of hydrogen-bond donors (Lipinski definition) is 1. The van der Waals surface area contributed by atoms with Crippen LogP contribution in [0, 0.1) is 0 Å². The summed E-state index contributed by atoms with van der Waals surface area (Å²) in [5.74, 6) is -0.632. The van der Waals surface area contributed by atoms with E-state index >= 15 is 0 Å². The molecule has 4 nitrogen and oxygen atoms in total. The Morgan fingerprint density at radius 2 is 2.22 bits per heavy atom. The fraction of sp³-hybridized carbons (Fsp3) is 0.800. The van der Waals surface area contributed by atoms with Crippen molar-refractivity contribution in [1.29, 1.82) is 0 Å². The van der Waals surface area contributed by atoms with E-state index < -0.39 is 5.91 Å². The third-order valence-electron chi connectivity index (χ3n) is 0.709. The van der Waals surface area contributed by atoms with Crippen LogP contribution >= 0.6 is 0 Å². The molecule has 2 N–H and O–H groups in total. The van der Waals surface area contributed by atoms with Crippen molar-refractivity contribution in [3.63, 3.8) is 0 Å². The van der Waals surface area contributed by atoms with E-state index in [-0.39, 0.29) is 26.2 Å². The van der Waals surface area contributed by atoms with Gasteiger partial charge in [-0.25, -0.2) is 0 Å². The number of rotatable bonds is 5. The maximum atomic E-state index is 9.93. The molecule has 0 saturated carbocycles. The quantitative estimate of drug-likeness (QED) is 0.497. The summed E-state index contributed by atoms with van der Waals surface area (Å²) in [6, 6.07) is 0. The number of aliphatic hydroxyl groups is 1. The maximum absolute atomic E-state index is 9.93. The minimum atomic E-state index is -0.632. The monoisotopic (exact) mass is 132 g/mol. The van der Waals surface area contributed by atoms with Crippen LogP contribution in [0.4, 0.5) is 0 Å². The average Bonchev–Trinajstić information content (AvgIpc) is 1.80. The van der Waals surface area contributed by atoms with Gasteiger partial charge in [-0.1, -0.05) is 0 Å². The van der Waals surface area contributed by atoms with Crippen molar-refractivity contribution in [1.82, 2.24) is 5.73 Å². The van der Waals surface area contributed by atoms with E-state index in [1.807, 2.05) is 0 Å². The van der Waals surface area contributed by atoms with E-state index in [0.717, 1.165) is 0 Å². The summed E-state index contributed by atoms with van der Waals surface area (Å²) >= 11 is 0. The van der Waals surface area contributed by atoms with Gasteiger partial charge in [0.2, 0.25) is 5.91 Å². The van der Waals surface area contributed by atoms with Crippen LogP contribution in [0.1, 0.15) is 6.42 Å². The lowest BCUT2D eigenvalue weighted by atomic mass is 10.4. The van der Waals surface area contributed by atoms with E-state index in [1.54, 1.807) is 0 Å². The van der Waals surface area contributed by atoms with Crippen LogP contribution < -0.4 is 5.73 Å². The van der Waals surface area contributed by atoms with Crippen molar-refractivity contribution in [2.45, 2.75) is 6.42 Å². The Morgan fingerprint density at radius 3 is 2.67 bits per heavy atom. The number of amides is 1. The molecule has 0 heterocycles. The van der Waals surface area contributed by atoms with Crippen molar-refractivity contribution >= 4 is 5.91 Å². The molecule has 0 aromatic carbocycles. The number of ether oxygens (including phenoxy) is 1. The first-order valence-corrected chi connectivity index (χ1v) is 2.70. The smallest absolute Gasteiger partial charge is 0.240 e. The Hall–Kier alpha value is -0.610. The largest absolute Gasteiger partial charge is 0.394 e. The third kappa shape index (κ3) is 7.39. The van der Waals surface area contributed by atoms with Crippen LogP contribution in [0.5, 0.6) is 0 Å². The second-order valence-electron chi connectivity index (χ2n) is 1.51. The van der Waals surface area contributed by atoms with Crippen LogP contribution in [-0.4, -0.2) is 30.8 Å². The molecule has 0 aliphatic carbocycles. The molecule has 0 aromatic rings. The lowest BCUT2D eigenvalue weighted by Gasteiger charge is -1.96. The highest BCUT2D eigenvalue weighted by Gasteiger charge is 1.92. The molecule has 0 aliphatic rings. The minimum absolute atomic E-state index is 0.0355. The first-order valence-electron chi connectivity index (χ1n) is 2.70. The van der Waals surface area contributed by atoms with Crippen LogP contribution in [0.3, 0.4) is 0 Å². The summed E-state index contributed by atoms with van der Waals surface area (Å²) in [7, 11) is 0. The normalized spacial score (nSPS) is 9.44. The van der Waals surface area contributed by atoms with E-state index in [2.05, 4.69) is 0 Å². The fourth-order valence-electron chi connectivity index (χ4n) is 0.331. The van der Waals surface area contributed by atoms with E-state index in [9.17, 15) is 4.79 Å². The standard InChI is InChI=1S/C5H10NO3/c6-5(8)1-3-9-4-2-7/h6-7H,1-4H2. The minimum Gasteiger partial charge on any atom is -0.394 e. The predicted octanol–water partition coefficient (Wildman–Crippen LogP) is -0.805. The zero-order chi connectivity index (χ0) is 7.11. The van der Waals surface area contributed by atoms with Gasteiger partial charge in [-0.3, -0.25) is 10.5 Å². The molecule has 4 heteroatoms. The molecule has 9 heavy (non-hydrogen) atoms. The molecule has 1 radical (unpaired) electrons. The predicted molar refractivity (Wildman–Crippen MR) is 30.6 cm³/mol. The van der Waals surface area contributed by atoms with Gasteiger partial charge in [-0.15, -0.1) is 0 Å². The molecule has 0 saturated heterocycles. The van der Waals surface area contributed by atoms with Crippen molar-refractivity contribution in [2.24, 2.45) is 0 Å². The highest BCUT2D eigenvalue weighted by Crippen LogP contribution is 1.79. The van der Waals surface area contributed by atoms with Crippen LogP contribution in [0.25, 0.3) is 0 Å². The van der Waals surface area contributed by atoms with Crippen molar-refractivity contribution in [3.8, 4) is 0 Å². The van der Waals surface area contributed by atoms with Gasteiger partial charge >= 0.3 is 0 Å². The first kappa shape index (κ1) is 8.39. The molecule has 0 atom stereocenters. The summed E-state index contributed by atoms with van der Waals surface area (Å²) in [6.07, 6.45) is 0.111. The number of aliphatic hydroxyl groups excluding tert-OH is 1. The van der Waals surface area contributed by atoms with Gasteiger partial charge in [0.1, 0.15) is 0 Å². The summed E-state index contributed by atoms with van der Waals surface area (Å²) in [6.45, 7) is 0.447. The molecule has 1 amide bonds. The Bertz CT molecular complexity index is 84.3. The molecule has 53 valence electrons. The van der Waals surface area contributed by atoms with Crippen molar-refractivity contribution in [3.05, 3.63) is 0 Å². The van der Waals surface area contributed by atoms with E-state index in [0.29, 0.717) is 0 Å². The first-order chi connectivity index (χ1) is 4.27. The maximum Gasteiger partial charge on any atom is 0.240 e. The van der Waals surface area contributed by atoms with Gasteiger partial charge < -0.3 is 9.84 Å². The lowest BCUT2D eigenvalue weighted by Crippen LogP contribution is -2.06. The second kappa shape index (κ2) is 5.53. The highest BCUT2D eigenvalue weighted by molar-refractivity contribution is 5.72. The second-order valence-corrected chi connectivity index (χ2v) is 1.51. The van der Waals surface area contributed by atoms with Gasteiger partial charge in [0.15, 0.2) is 0 Å². The van der Waals surface area contributed by atoms with E-state index in [4.69, 9.17) is 15.6 Å². The number of carbonyl (C=O) groups excluding carboxylic acids is 1. The van der Waals surface area contributed by atoms with Gasteiger partial charge in [0, 0.05) is 0 Å². The van der Waals surface area contributed by atoms with Gasteiger partial charge in [-0.2, -0.15) is 0 Å². The topological polar surface area (TPSA) is 70.3 Å².